The van der Waals surface area contributed by atoms with E-state index < -0.39 is 0 Å². The first kappa shape index (κ1) is 10.5. The zero-order valence-corrected chi connectivity index (χ0v) is 8.47. The number of carbonyl (C=O) groups is 1. The van der Waals surface area contributed by atoms with Gasteiger partial charge in [-0.05, 0) is 13.8 Å². The van der Waals surface area contributed by atoms with Gasteiger partial charge in [0, 0.05) is 38.1 Å². The van der Waals surface area contributed by atoms with Crippen LogP contribution in [0.4, 0.5) is 0 Å². The van der Waals surface area contributed by atoms with Crippen molar-refractivity contribution in [3.05, 3.63) is 0 Å². The molecule has 4 heteroatoms. The summed E-state index contributed by atoms with van der Waals surface area (Å²) in [6.07, 6.45) is 0.438. The predicted molar refractivity (Wildman–Crippen MR) is 52.3 cm³/mol. The molecule has 0 aromatic rings. The van der Waals surface area contributed by atoms with Crippen LogP contribution in [0.2, 0.25) is 0 Å². The Morgan fingerprint density at radius 1 is 1.46 bits per heavy atom. The molecule has 0 unspecified atom stereocenters. The molecule has 13 heavy (non-hydrogen) atoms. The van der Waals surface area contributed by atoms with Crippen molar-refractivity contribution in [2.24, 2.45) is 5.73 Å². The molecule has 1 rings (SSSR count). The first-order valence-corrected chi connectivity index (χ1v) is 4.76. The molecule has 1 saturated heterocycles. The van der Waals surface area contributed by atoms with Crippen molar-refractivity contribution in [3.8, 4) is 0 Å². The lowest BCUT2D eigenvalue weighted by Crippen LogP contribution is -2.49. The molecule has 0 aromatic carbocycles. The average Bonchev–Trinajstić information content (AvgIpc) is 2.03. The van der Waals surface area contributed by atoms with Crippen molar-refractivity contribution in [3.63, 3.8) is 0 Å². The molecule has 0 radical (unpaired) electrons. The second-order valence-corrected chi connectivity index (χ2v) is 4.30. The zero-order chi connectivity index (χ0) is 9.90. The minimum atomic E-state index is -0.387. The fourth-order valence-corrected chi connectivity index (χ4v) is 1.42. The fourth-order valence-electron chi connectivity index (χ4n) is 1.42. The number of amides is 1. The van der Waals surface area contributed by atoms with Gasteiger partial charge in [-0.1, -0.05) is 0 Å². The van der Waals surface area contributed by atoms with E-state index in [1.54, 1.807) is 0 Å². The van der Waals surface area contributed by atoms with E-state index in [4.69, 9.17) is 5.73 Å². The lowest BCUT2D eigenvalue weighted by atomic mass is 10.0. The van der Waals surface area contributed by atoms with Crippen LogP contribution in [-0.2, 0) is 4.79 Å². The predicted octanol–water partition coefficient (Wildman–Crippen LogP) is -0.454. The quantitative estimate of drug-likeness (QED) is 0.612. The minimum absolute atomic E-state index is 0.175. The van der Waals surface area contributed by atoms with Crippen LogP contribution >= 0.6 is 0 Å². The molecule has 1 aliphatic heterocycles. The van der Waals surface area contributed by atoms with Crippen LogP contribution in [0.25, 0.3) is 0 Å². The highest BCUT2D eigenvalue weighted by molar-refractivity contribution is 5.77. The van der Waals surface area contributed by atoms with E-state index in [0.717, 1.165) is 26.2 Å². The number of nitrogens with zero attached hydrogens (tertiary/aromatic N) is 1. The monoisotopic (exact) mass is 185 g/mol. The maximum atomic E-state index is 11.6. The van der Waals surface area contributed by atoms with Crippen LogP contribution in [-0.4, -0.2) is 42.5 Å². The summed E-state index contributed by atoms with van der Waals surface area (Å²) in [7, 11) is 0. The summed E-state index contributed by atoms with van der Waals surface area (Å²) in [5.74, 6) is 0.175. The molecule has 1 heterocycles. The molecule has 0 aromatic heterocycles. The molecular weight excluding hydrogens is 166 g/mol. The topological polar surface area (TPSA) is 58.4 Å². The third-order valence-electron chi connectivity index (χ3n) is 2.08. The number of nitrogens with one attached hydrogen (secondary N) is 1. The average molecular weight is 185 g/mol. The molecule has 0 spiro atoms. The van der Waals surface area contributed by atoms with Crippen molar-refractivity contribution in [2.75, 3.05) is 26.2 Å². The van der Waals surface area contributed by atoms with Crippen LogP contribution in [0, 0.1) is 0 Å². The van der Waals surface area contributed by atoms with Crippen LogP contribution in [0.3, 0.4) is 0 Å². The molecule has 1 amide bonds. The van der Waals surface area contributed by atoms with Gasteiger partial charge in [0.05, 0.1) is 0 Å². The molecule has 0 atom stereocenters. The number of nitrogens with two attached hydrogens (primary N) is 1. The van der Waals surface area contributed by atoms with Crippen molar-refractivity contribution < 1.29 is 4.79 Å². The Morgan fingerprint density at radius 2 is 2.00 bits per heavy atom. The summed E-state index contributed by atoms with van der Waals surface area (Å²) in [5.41, 5.74) is 5.39. The number of hydrogen-bond donors (Lipinski definition) is 2. The summed E-state index contributed by atoms with van der Waals surface area (Å²) in [6, 6.07) is 0. The molecule has 4 nitrogen and oxygen atoms in total. The van der Waals surface area contributed by atoms with Crippen molar-refractivity contribution in [1.29, 1.82) is 0 Å². The second kappa shape index (κ2) is 4.07. The largest absolute Gasteiger partial charge is 0.340 e. The fraction of sp³-hybridized carbons (Fsp3) is 0.889. The van der Waals surface area contributed by atoms with Crippen LogP contribution in [0.5, 0.6) is 0 Å². The Balaban J connectivity index is 2.38. The minimum Gasteiger partial charge on any atom is -0.340 e. The summed E-state index contributed by atoms with van der Waals surface area (Å²) in [4.78, 5) is 13.5. The summed E-state index contributed by atoms with van der Waals surface area (Å²) >= 11 is 0. The molecule has 3 N–H and O–H groups in total. The Bertz CT molecular complexity index is 180. The van der Waals surface area contributed by atoms with Gasteiger partial charge in [-0.2, -0.15) is 0 Å². The van der Waals surface area contributed by atoms with E-state index in [0.29, 0.717) is 6.42 Å². The lowest BCUT2D eigenvalue weighted by molar-refractivity contribution is -0.132. The Hall–Kier alpha value is -0.610. The van der Waals surface area contributed by atoms with Gasteiger partial charge in [0.1, 0.15) is 0 Å². The molecule has 0 saturated carbocycles. The third-order valence-corrected chi connectivity index (χ3v) is 2.08. The zero-order valence-electron chi connectivity index (χ0n) is 8.47. The summed E-state index contributed by atoms with van der Waals surface area (Å²) in [6.45, 7) is 7.19. The van der Waals surface area contributed by atoms with E-state index in [1.165, 1.54) is 0 Å². The molecule has 76 valence electrons. The van der Waals surface area contributed by atoms with Gasteiger partial charge in [-0.3, -0.25) is 4.79 Å². The number of carbonyl (C=O) groups excluding carboxylic acids is 1. The van der Waals surface area contributed by atoms with E-state index in [1.807, 2.05) is 18.7 Å². The standard InChI is InChI=1S/C9H19N3O/c1-9(2,10)7-8(13)12-5-3-11-4-6-12/h11H,3-7,10H2,1-2H3. The highest BCUT2D eigenvalue weighted by atomic mass is 16.2. The smallest absolute Gasteiger partial charge is 0.224 e. The molecule has 1 aliphatic rings. The molecule has 0 bridgehead atoms. The highest BCUT2D eigenvalue weighted by Gasteiger charge is 2.22. The number of rotatable bonds is 2. The summed E-state index contributed by atoms with van der Waals surface area (Å²) in [5, 5.41) is 3.21. The van der Waals surface area contributed by atoms with Crippen molar-refractivity contribution in [1.82, 2.24) is 10.2 Å². The lowest BCUT2D eigenvalue weighted by Gasteiger charge is -2.30. The SMILES string of the molecule is CC(C)(N)CC(=O)N1CCNCC1. The molecule has 0 aliphatic carbocycles. The van der Waals surface area contributed by atoms with Gasteiger partial charge in [0.25, 0.3) is 0 Å². The number of piperazine rings is 1. The van der Waals surface area contributed by atoms with E-state index in [-0.39, 0.29) is 11.4 Å². The Kier molecular flexibility index (Phi) is 3.27. The van der Waals surface area contributed by atoms with Gasteiger partial charge in [0.2, 0.25) is 5.91 Å². The maximum absolute atomic E-state index is 11.6. The van der Waals surface area contributed by atoms with Crippen molar-refractivity contribution >= 4 is 5.91 Å². The summed E-state index contributed by atoms with van der Waals surface area (Å²) < 4.78 is 0. The van der Waals surface area contributed by atoms with E-state index in [9.17, 15) is 4.79 Å². The van der Waals surface area contributed by atoms with Gasteiger partial charge >= 0.3 is 0 Å². The van der Waals surface area contributed by atoms with Crippen LogP contribution in [0.1, 0.15) is 20.3 Å². The van der Waals surface area contributed by atoms with Gasteiger partial charge < -0.3 is 16.0 Å². The third kappa shape index (κ3) is 3.74. The highest BCUT2D eigenvalue weighted by Crippen LogP contribution is 2.07. The van der Waals surface area contributed by atoms with Crippen LogP contribution in [0.15, 0.2) is 0 Å². The maximum Gasteiger partial charge on any atom is 0.224 e. The number of hydrogen-bond acceptors (Lipinski definition) is 3. The van der Waals surface area contributed by atoms with Gasteiger partial charge in [-0.25, -0.2) is 0 Å². The van der Waals surface area contributed by atoms with E-state index >= 15 is 0 Å². The Morgan fingerprint density at radius 3 is 2.46 bits per heavy atom. The molecular formula is C9H19N3O. The molecule has 1 fully saturated rings. The Labute approximate surface area is 79.5 Å². The van der Waals surface area contributed by atoms with Gasteiger partial charge in [0.15, 0.2) is 0 Å². The first-order chi connectivity index (χ1) is 5.99. The normalized spacial score (nSPS) is 18.8. The van der Waals surface area contributed by atoms with Crippen molar-refractivity contribution in [2.45, 2.75) is 25.8 Å². The first-order valence-electron chi connectivity index (χ1n) is 4.76. The van der Waals surface area contributed by atoms with Gasteiger partial charge in [-0.15, -0.1) is 0 Å². The van der Waals surface area contributed by atoms with E-state index in [2.05, 4.69) is 5.32 Å². The van der Waals surface area contributed by atoms with Crippen LogP contribution < -0.4 is 11.1 Å². The second-order valence-electron chi connectivity index (χ2n) is 4.30.